The van der Waals surface area contributed by atoms with Crippen molar-refractivity contribution in [2.75, 3.05) is 0 Å². The maximum absolute atomic E-state index is 13.9. The van der Waals surface area contributed by atoms with Gasteiger partial charge in [-0.2, -0.15) is 8.78 Å². The summed E-state index contributed by atoms with van der Waals surface area (Å²) >= 11 is 0. The van der Waals surface area contributed by atoms with Crippen LogP contribution in [-0.4, -0.2) is 16.8 Å². The summed E-state index contributed by atoms with van der Waals surface area (Å²) in [6.07, 6.45) is -2.21. The van der Waals surface area contributed by atoms with Gasteiger partial charge in [0.2, 0.25) is 0 Å². The Labute approximate surface area is 121 Å². The molecular formula is C17H12F2O2. The van der Waals surface area contributed by atoms with E-state index in [0.29, 0.717) is 5.56 Å². The molecule has 0 aliphatic heterocycles. The Kier molecular flexibility index (Phi) is 4.46. The van der Waals surface area contributed by atoms with Crippen LogP contribution >= 0.6 is 0 Å². The second-order valence-corrected chi connectivity index (χ2v) is 4.38. The third-order valence-corrected chi connectivity index (χ3v) is 2.86. The summed E-state index contributed by atoms with van der Waals surface area (Å²) < 4.78 is 27.8. The largest absolute Gasteiger partial charge is 0.382 e. The van der Waals surface area contributed by atoms with E-state index in [1.54, 1.807) is 36.4 Å². The van der Waals surface area contributed by atoms with Crippen molar-refractivity contribution in [3.05, 3.63) is 71.8 Å². The van der Waals surface area contributed by atoms with E-state index in [1.807, 2.05) is 5.92 Å². The van der Waals surface area contributed by atoms with Gasteiger partial charge in [-0.25, -0.2) is 0 Å². The average Bonchev–Trinajstić information content (AvgIpc) is 2.53. The Morgan fingerprint density at radius 2 is 1.52 bits per heavy atom. The molecule has 1 atom stereocenters. The van der Waals surface area contributed by atoms with E-state index in [2.05, 4.69) is 5.92 Å². The summed E-state index contributed by atoms with van der Waals surface area (Å²) in [5.41, 5.74) is 0.424. The number of aliphatic hydroxyl groups is 1. The number of carbonyl (C=O) groups excluding carboxylic acids is 1. The van der Waals surface area contributed by atoms with Gasteiger partial charge in [0.1, 0.15) is 0 Å². The standard InChI is InChI=1S/C17H12F2O2/c18-17(19,16(21)14-9-5-2-6-10-14)15(20)12-11-13-7-3-1-4-8-13/h1-10,16,21H. The smallest absolute Gasteiger partial charge is 0.346 e. The summed E-state index contributed by atoms with van der Waals surface area (Å²) in [5.74, 6) is -1.31. The van der Waals surface area contributed by atoms with E-state index in [1.165, 1.54) is 24.3 Å². The Balaban J connectivity index is 2.20. The second-order valence-electron chi connectivity index (χ2n) is 4.38. The fourth-order valence-electron chi connectivity index (χ4n) is 1.70. The van der Waals surface area contributed by atoms with Crippen molar-refractivity contribution in [3.8, 4) is 11.8 Å². The van der Waals surface area contributed by atoms with Crippen molar-refractivity contribution in [2.45, 2.75) is 12.0 Å². The van der Waals surface area contributed by atoms with Crippen LogP contribution in [0.4, 0.5) is 8.78 Å². The van der Waals surface area contributed by atoms with Crippen LogP contribution in [0.25, 0.3) is 0 Å². The van der Waals surface area contributed by atoms with Gasteiger partial charge < -0.3 is 5.11 Å². The maximum atomic E-state index is 13.9. The molecule has 0 radical (unpaired) electrons. The summed E-state index contributed by atoms with van der Waals surface area (Å²) in [6.45, 7) is 0. The molecule has 0 amide bonds. The molecule has 0 saturated heterocycles. The lowest BCUT2D eigenvalue weighted by molar-refractivity contribution is -0.155. The van der Waals surface area contributed by atoms with E-state index < -0.39 is 17.8 Å². The molecule has 2 aromatic rings. The zero-order valence-electron chi connectivity index (χ0n) is 11.0. The van der Waals surface area contributed by atoms with E-state index in [0.717, 1.165) is 0 Å². The van der Waals surface area contributed by atoms with Crippen LogP contribution in [0, 0.1) is 11.8 Å². The normalized spacial score (nSPS) is 12.1. The van der Waals surface area contributed by atoms with Gasteiger partial charge >= 0.3 is 5.92 Å². The van der Waals surface area contributed by atoms with E-state index in [-0.39, 0.29) is 5.56 Å². The van der Waals surface area contributed by atoms with Crippen LogP contribution < -0.4 is 0 Å². The van der Waals surface area contributed by atoms with Crippen LogP contribution in [0.5, 0.6) is 0 Å². The minimum absolute atomic E-state index is 0.0302. The minimum Gasteiger partial charge on any atom is -0.382 e. The lowest BCUT2D eigenvalue weighted by Gasteiger charge is -2.19. The van der Waals surface area contributed by atoms with Gasteiger partial charge in [0.15, 0.2) is 6.10 Å². The van der Waals surface area contributed by atoms with Crippen molar-refractivity contribution >= 4 is 5.78 Å². The number of rotatable bonds is 3. The topological polar surface area (TPSA) is 37.3 Å². The molecular weight excluding hydrogens is 274 g/mol. The van der Waals surface area contributed by atoms with Crippen LogP contribution in [0.1, 0.15) is 17.2 Å². The quantitative estimate of drug-likeness (QED) is 0.881. The summed E-state index contributed by atoms with van der Waals surface area (Å²) in [6, 6.07) is 15.6. The monoisotopic (exact) mass is 286 g/mol. The second kappa shape index (κ2) is 6.29. The number of Topliss-reactive ketones (excluding diaryl/α,β-unsaturated/α-hetero) is 1. The van der Waals surface area contributed by atoms with E-state index in [4.69, 9.17) is 0 Å². The Hall–Kier alpha value is -2.51. The SMILES string of the molecule is O=C(C#Cc1ccccc1)C(F)(F)C(O)c1ccccc1. The highest BCUT2D eigenvalue weighted by Gasteiger charge is 2.46. The molecule has 21 heavy (non-hydrogen) atoms. The maximum Gasteiger partial charge on any atom is 0.346 e. The van der Waals surface area contributed by atoms with Crippen molar-refractivity contribution in [2.24, 2.45) is 0 Å². The number of hydrogen-bond acceptors (Lipinski definition) is 2. The summed E-state index contributed by atoms with van der Waals surface area (Å²) in [4.78, 5) is 11.6. The first-order chi connectivity index (χ1) is 10.0. The lowest BCUT2D eigenvalue weighted by Crippen LogP contribution is -2.34. The predicted molar refractivity (Wildman–Crippen MR) is 74.7 cm³/mol. The number of ketones is 1. The van der Waals surface area contributed by atoms with Gasteiger partial charge in [0.05, 0.1) is 0 Å². The molecule has 0 heterocycles. The minimum atomic E-state index is -3.96. The molecule has 1 unspecified atom stereocenters. The molecule has 2 nitrogen and oxygen atoms in total. The average molecular weight is 286 g/mol. The Morgan fingerprint density at radius 1 is 1.00 bits per heavy atom. The van der Waals surface area contributed by atoms with Crippen molar-refractivity contribution in [1.29, 1.82) is 0 Å². The highest BCUT2D eigenvalue weighted by atomic mass is 19.3. The molecule has 0 aliphatic carbocycles. The van der Waals surface area contributed by atoms with Crippen LogP contribution in [0.15, 0.2) is 60.7 Å². The van der Waals surface area contributed by atoms with Gasteiger partial charge in [0.25, 0.3) is 5.78 Å². The summed E-state index contributed by atoms with van der Waals surface area (Å²) in [5, 5.41) is 9.68. The molecule has 1 N–H and O–H groups in total. The van der Waals surface area contributed by atoms with Crippen molar-refractivity contribution in [1.82, 2.24) is 0 Å². The third kappa shape index (κ3) is 3.53. The molecule has 2 aromatic carbocycles. The van der Waals surface area contributed by atoms with Gasteiger partial charge in [-0.1, -0.05) is 54.5 Å². The summed E-state index contributed by atoms with van der Waals surface area (Å²) in [7, 11) is 0. The van der Waals surface area contributed by atoms with E-state index >= 15 is 0 Å². The number of alkyl halides is 2. The first-order valence-corrected chi connectivity index (χ1v) is 6.24. The fraction of sp³-hybridized carbons (Fsp3) is 0.118. The number of halogens is 2. The molecule has 4 heteroatoms. The van der Waals surface area contributed by atoms with E-state index in [9.17, 15) is 18.7 Å². The van der Waals surface area contributed by atoms with Crippen molar-refractivity contribution in [3.63, 3.8) is 0 Å². The molecule has 0 aromatic heterocycles. The van der Waals surface area contributed by atoms with Gasteiger partial charge in [0, 0.05) is 5.56 Å². The zero-order valence-corrected chi connectivity index (χ0v) is 11.0. The molecule has 0 saturated carbocycles. The van der Waals surface area contributed by atoms with Crippen LogP contribution in [0.3, 0.4) is 0 Å². The highest BCUT2D eigenvalue weighted by molar-refractivity contribution is 6.01. The molecule has 0 aliphatic rings. The Morgan fingerprint density at radius 3 is 2.10 bits per heavy atom. The fourth-order valence-corrected chi connectivity index (χ4v) is 1.70. The molecule has 0 fully saturated rings. The molecule has 0 spiro atoms. The molecule has 106 valence electrons. The number of aliphatic hydroxyl groups excluding tert-OH is 1. The lowest BCUT2D eigenvalue weighted by atomic mass is 10.0. The number of benzene rings is 2. The van der Waals surface area contributed by atoms with Crippen molar-refractivity contribution < 1.29 is 18.7 Å². The number of hydrogen-bond donors (Lipinski definition) is 1. The first kappa shape index (κ1) is 14.9. The predicted octanol–water partition coefficient (Wildman–Crippen LogP) is 2.98. The third-order valence-electron chi connectivity index (χ3n) is 2.86. The molecule has 0 bridgehead atoms. The highest BCUT2D eigenvalue weighted by Crippen LogP contribution is 2.31. The van der Waals surface area contributed by atoms with Gasteiger partial charge in [-0.15, -0.1) is 0 Å². The molecule has 2 rings (SSSR count). The van der Waals surface area contributed by atoms with Crippen LogP contribution in [-0.2, 0) is 4.79 Å². The van der Waals surface area contributed by atoms with Crippen LogP contribution in [0.2, 0.25) is 0 Å². The zero-order chi connectivity index (χ0) is 15.3. The van der Waals surface area contributed by atoms with Gasteiger partial charge in [-0.05, 0) is 23.6 Å². The first-order valence-electron chi connectivity index (χ1n) is 6.24. The van der Waals surface area contributed by atoms with Gasteiger partial charge in [-0.3, -0.25) is 4.79 Å². The number of carbonyl (C=O) groups is 1. The Bertz CT molecular complexity index is 670.